The summed E-state index contributed by atoms with van der Waals surface area (Å²) < 4.78 is 5.18. The average Bonchev–Trinajstić information content (AvgIpc) is 2.76. The molecule has 0 fully saturated rings. The molecule has 0 radical (unpaired) electrons. The first kappa shape index (κ1) is 26.1. The maximum atomic E-state index is 11.9. The number of rotatable bonds is 16. The summed E-state index contributed by atoms with van der Waals surface area (Å²) in [6.45, 7) is 4.44. The van der Waals surface area contributed by atoms with Crippen molar-refractivity contribution in [2.24, 2.45) is 5.73 Å². The van der Waals surface area contributed by atoms with Crippen molar-refractivity contribution >= 4 is 5.97 Å². The lowest BCUT2D eigenvalue weighted by atomic mass is 10.0. The first-order valence-corrected chi connectivity index (χ1v) is 11.5. The summed E-state index contributed by atoms with van der Waals surface area (Å²) in [4.78, 5) is 11.9. The van der Waals surface area contributed by atoms with Crippen molar-refractivity contribution in [1.82, 2.24) is 0 Å². The number of carbonyl (C=O) groups excluding carboxylic acids is 1. The molecule has 0 bridgehead atoms. The Morgan fingerprint density at radius 3 is 2.43 bits per heavy atom. The molecule has 0 saturated heterocycles. The number of hydrogen-bond acceptors (Lipinski definition) is 4. The fourth-order valence-corrected chi connectivity index (χ4v) is 3.20. The van der Waals surface area contributed by atoms with Crippen LogP contribution in [0.1, 0.15) is 88.4 Å². The van der Waals surface area contributed by atoms with Crippen molar-refractivity contribution in [2.45, 2.75) is 90.2 Å². The number of allylic oxidation sites excluding steroid dienone is 3. The quantitative estimate of drug-likeness (QED) is 0.199. The minimum atomic E-state index is -0.827. The molecule has 0 heterocycles. The van der Waals surface area contributed by atoms with Gasteiger partial charge in [-0.1, -0.05) is 87.4 Å². The van der Waals surface area contributed by atoms with Gasteiger partial charge in [0, 0.05) is 0 Å². The van der Waals surface area contributed by atoms with E-state index in [1.165, 1.54) is 56.9 Å². The lowest BCUT2D eigenvalue weighted by Gasteiger charge is -2.15. The van der Waals surface area contributed by atoms with E-state index in [0.717, 1.165) is 12.8 Å². The summed E-state index contributed by atoms with van der Waals surface area (Å²) in [5.41, 5.74) is 7.85. The molecular weight excluding hydrogens is 374 g/mol. The van der Waals surface area contributed by atoms with Gasteiger partial charge >= 0.3 is 5.97 Å². The van der Waals surface area contributed by atoms with Gasteiger partial charge in [0.25, 0.3) is 0 Å². The highest BCUT2D eigenvalue weighted by Crippen LogP contribution is 2.13. The van der Waals surface area contributed by atoms with Gasteiger partial charge in [-0.3, -0.25) is 0 Å². The lowest BCUT2D eigenvalue weighted by Crippen LogP contribution is -2.38. The van der Waals surface area contributed by atoms with Gasteiger partial charge in [0.05, 0.1) is 17.7 Å². The molecule has 1 aromatic rings. The van der Waals surface area contributed by atoms with Crippen LogP contribution < -0.4 is 5.73 Å². The average molecular weight is 416 g/mol. The summed E-state index contributed by atoms with van der Waals surface area (Å²) in [5.74, 6) is -0.427. The molecule has 0 aliphatic carbocycles. The van der Waals surface area contributed by atoms with Crippen LogP contribution in [0.4, 0.5) is 0 Å². The molecular formula is C26H41NO3. The highest BCUT2D eigenvalue weighted by Gasteiger charge is 2.15. The van der Waals surface area contributed by atoms with Crippen molar-refractivity contribution in [2.75, 3.05) is 6.61 Å². The largest absolute Gasteiger partial charge is 0.460 e. The molecule has 4 heteroatoms. The maximum absolute atomic E-state index is 11.9. The fraction of sp³-hybridized carbons (Fsp3) is 0.577. The number of nitrogens with two attached hydrogens (primary N) is 1. The Kier molecular flexibility index (Phi) is 14.7. The number of esters is 1. The van der Waals surface area contributed by atoms with Crippen molar-refractivity contribution in [3.8, 4) is 0 Å². The van der Waals surface area contributed by atoms with Crippen molar-refractivity contribution in [3.63, 3.8) is 0 Å². The third-order valence-electron chi connectivity index (χ3n) is 5.19. The van der Waals surface area contributed by atoms with Crippen LogP contribution in [0.15, 0.2) is 54.1 Å². The van der Waals surface area contributed by atoms with Crippen molar-refractivity contribution in [3.05, 3.63) is 59.7 Å². The molecule has 0 saturated carbocycles. The Bertz CT molecular complexity index is 624. The number of carbonyl (C=O) groups is 1. The Balaban J connectivity index is 2.14. The second-order valence-electron chi connectivity index (χ2n) is 8.05. The smallest absolute Gasteiger partial charge is 0.338 e. The molecule has 3 N–H and O–H groups in total. The predicted molar refractivity (Wildman–Crippen MR) is 125 cm³/mol. The van der Waals surface area contributed by atoms with Gasteiger partial charge in [-0.15, -0.1) is 0 Å². The third-order valence-corrected chi connectivity index (χ3v) is 5.19. The van der Waals surface area contributed by atoms with Crippen LogP contribution in [0.3, 0.4) is 0 Å². The minimum absolute atomic E-state index is 0.0172. The number of aliphatic hydroxyl groups is 1. The normalized spacial score (nSPS) is 14.1. The summed E-state index contributed by atoms with van der Waals surface area (Å²) in [5, 5.41) is 10.1. The fourth-order valence-electron chi connectivity index (χ4n) is 3.20. The van der Waals surface area contributed by atoms with E-state index in [2.05, 4.69) is 19.9 Å². The monoisotopic (exact) mass is 415 g/mol. The third kappa shape index (κ3) is 12.6. The van der Waals surface area contributed by atoms with Crippen LogP contribution in [0, 0.1) is 0 Å². The standard InChI is InChI=1S/C26H41NO3/c1-3-4-5-6-7-8-11-16-22(2)17-12-9-15-20-25(28)24(27)21-30-26(29)23-18-13-10-14-19-23/h10,13-15,17-20,24-25,28H,3-9,11-12,16,21,27H2,1-2H3/t24-,25+/m1/s1. The first-order valence-electron chi connectivity index (χ1n) is 11.5. The molecule has 1 aromatic carbocycles. The molecule has 0 unspecified atom stereocenters. The highest BCUT2D eigenvalue weighted by molar-refractivity contribution is 5.89. The zero-order chi connectivity index (χ0) is 22.0. The van der Waals surface area contributed by atoms with E-state index in [-0.39, 0.29) is 6.61 Å². The van der Waals surface area contributed by atoms with E-state index in [1.54, 1.807) is 30.3 Å². The van der Waals surface area contributed by atoms with E-state index < -0.39 is 18.1 Å². The highest BCUT2D eigenvalue weighted by atomic mass is 16.5. The van der Waals surface area contributed by atoms with Crippen LogP contribution in [-0.4, -0.2) is 29.8 Å². The zero-order valence-corrected chi connectivity index (χ0v) is 18.9. The Morgan fingerprint density at radius 2 is 1.73 bits per heavy atom. The van der Waals surface area contributed by atoms with Crippen LogP contribution in [0.25, 0.3) is 0 Å². The van der Waals surface area contributed by atoms with Gasteiger partial charge in [0.15, 0.2) is 0 Å². The zero-order valence-electron chi connectivity index (χ0n) is 18.9. The van der Waals surface area contributed by atoms with Crippen LogP contribution in [-0.2, 0) is 4.74 Å². The Hall–Kier alpha value is -1.91. The van der Waals surface area contributed by atoms with Gasteiger partial charge in [-0.25, -0.2) is 4.79 Å². The van der Waals surface area contributed by atoms with E-state index in [4.69, 9.17) is 10.5 Å². The molecule has 0 spiro atoms. The van der Waals surface area contributed by atoms with E-state index in [0.29, 0.717) is 5.56 Å². The second-order valence-corrected chi connectivity index (χ2v) is 8.05. The number of ether oxygens (including phenoxy) is 1. The number of benzene rings is 1. The SMILES string of the molecule is CCCCCCCCCC(C)=CCCC=C[C@H](O)[C@H](N)COC(=O)c1ccccc1. The van der Waals surface area contributed by atoms with Gasteiger partial charge in [0.1, 0.15) is 6.61 Å². The van der Waals surface area contributed by atoms with Crippen molar-refractivity contribution < 1.29 is 14.6 Å². The van der Waals surface area contributed by atoms with Crippen LogP contribution in [0.2, 0.25) is 0 Å². The summed E-state index contributed by atoms with van der Waals surface area (Å²) >= 11 is 0. The molecule has 0 amide bonds. The predicted octanol–water partition coefficient (Wildman–Crippen LogP) is 5.96. The van der Waals surface area contributed by atoms with Gasteiger partial charge in [-0.2, -0.15) is 0 Å². The van der Waals surface area contributed by atoms with Gasteiger partial charge < -0.3 is 15.6 Å². The Labute approximate surface area is 183 Å². The summed E-state index contributed by atoms with van der Waals surface area (Å²) in [6, 6.07) is 8.13. The maximum Gasteiger partial charge on any atom is 0.338 e. The topological polar surface area (TPSA) is 72.6 Å². The molecule has 1 rings (SSSR count). The summed E-state index contributed by atoms with van der Waals surface area (Å²) in [7, 11) is 0. The van der Waals surface area contributed by atoms with Gasteiger partial charge in [-0.05, 0) is 44.7 Å². The molecule has 168 valence electrons. The molecule has 30 heavy (non-hydrogen) atoms. The van der Waals surface area contributed by atoms with Crippen molar-refractivity contribution in [1.29, 1.82) is 0 Å². The van der Waals surface area contributed by atoms with E-state index >= 15 is 0 Å². The van der Waals surface area contributed by atoms with E-state index in [1.807, 2.05) is 12.1 Å². The summed E-state index contributed by atoms with van der Waals surface area (Å²) in [6.07, 6.45) is 17.5. The second kappa shape index (κ2) is 16.8. The lowest BCUT2D eigenvalue weighted by molar-refractivity contribution is 0.0418. The van der Waals surface area contributed by atoms with Crippen LogP contribution >= 0.6 is 0 Å². The number of unbranched alkanes of at least 4 members (excludes halogenated alkanes) is 7. The number of aliphatic hydroxyl groups excluding tert-OH is 1. The molecule has 2 atom stereocenters. The molecule has 0 aliphatic rings. The molecule has 0 aromatic heterocycles. The first-order chi connectivity index (χ1) is 14.5. The van der Waals surface area contributed by atoms with Crippen LogP contribution in [0.5, 0.6) is 0 Å². The number of hydrogen-bond donors (Lipinski definition) is 2. The van der Waals surface area contributed by atoms with Gasteiger partial charge in [0.2, 0.25) is 0 Å². The Morgan fingerprint density at radius 1 is 1.07 bits per heavy atom. The minimum Gasteiger partial charge on any atom is -0.460 e. The van der Waals surface area contributed by atoms with E-state index in [9.17, 15) is 9.90 Å². The molecule has 0 aliphatic heterocycles. The molecule has 4 nitrogen and oxygen atoms in total.